The predicted octanol–water partition coefficient (Wildman–Crippen LogP) is 0.408. The fourth-order valence-electron chi connectivity index (χ4n) is 2.52. The molecule has 2 rings (SSSR count). The number of carbonyl (C=O) groups is 2. The van der Waals surface area contributed by atoms with Crippen molar-refractivity contribution in [2.45, 2.75) is 18.9 Å². The zero-order chi connectivity index (χ0) is 15.2. The standard InChI is InChI=1S/C15H22N4O2/c1-19(13-6-8-17-9-7-13)10-14(20)18-12-4-2-11(3-5-12)15(16)21/h2-5,13,17H,6-10H2,1H3,(H2,16,21)(H,18,20). The zero-order valence-electron chi connectivity index (χ0n) is 12.3. The number of amides is 2. The van der Waals surface area contributed by atoms with Gasteiger partial charge in [0, 0.05) is 17.3 Å². The van der Waals surface area contributed by atoms with E-state index in [-0.39, 0.29) is 5.91 Å². The van der Waals surface area contributed by atoms with Gasteiger partial charge in [0.05, 0.1) is 6.54 Å². The van der Waals surface area contributed by atoms with E-state index in [0.29, 0.717) is 23.8 Å². The predicted molar refractivity (Wildman–Crippen MR) is 82.1 cm³/mol. The highest BCUT2D eigenvalue weighted by Crippen LogP contribution is 2.11. The third kappa shape index (κ3) is 4.54. The molecule has 0 spiro atoms. The third-order valence-corrected chi connectivity index (χ3v) is 3.78. The minimum absolute atomic E-state index is 0.0529. The quantitative estimate of drug-likeness (QED) is 0.733. The Hall–Kier alpha value is -1.92. The van der Waals surface area contributed by atoms with Gasteiger partial charge in [-0.3, -0.25) is 14.5 Å². The normalized spacial score (nSPS) is 15.9. The number of carbonyl (C=O) groups excluding carboxylic acids is 2. The summed E-state index contributed by atoms with van der Waals surface area (Å²) < 4.78 is 0. The maximum atomic E-state index is 12.0. The summed E-state index contributed by atoms with van der Waals surface area (Å²) in [4.78, 5) is 25.1. The first-order chi connectivity index (χ1) is 10.1. The Kier molecular flexibility index (Phi) is 5.30. The van der Waals surface area contributed by atoms with Gasteiger partial charge in [0.2, 0.25) is 11.8 Å². The second-order valence-corrected chi connectivity index (χ2v) is 5.39. The van der Waals surface area contributed by atoms with Crippen LogP contribution in [0.4, 0.5) is 5.69 Å². The Bertz CT molecular complexity index is 495. The first-order valence-corrected chi connectivity index (χ1v) is 7.17. The van der Waals surface area contributed by atoms with E-state index in [0.717, 1.165) is 25.9 Å². The smallest absolute Gasteiger partial charge is 0.248 e. The van der Waals surface area contributed by atoms with Crippen LogP contribution in [0.5, 0.6) is 0 Å². The lowest BCUT2D eigenvalue weighted by Gasteiger charge is -2.31. The summed E-state index contributed by atoms with van der Waals surface area (Å²) in [5.41, 5.74) is 6.28. The third-order valence-electron chi connectivity index (χ3n) is 3.78. The minimum Gasteiger partial charge on any atom is -0.366 e. The van der Waals surface area contributed by atoms with E-state index >= 15 is 0 Å². The van der Waals surface area contributed by atoms with Crippen molar-refractivity contribution in [3.8, 4) is 0 Å². The number of piperidine rings is 1. The number of primary amides is 1. The lowest BCUT2D eigenvalue weighted by atomic mass is 10.1. The van der Waals surface area contributed by atoms with Crippen molar-refractivity contribution in [2.24, 2.45) is 5.73 Å². The molecule has 1 aromatic carbocycles. The fraction of sp³-hybridized carbons (Fsp3) is 0.467. The largest absolute Gasteiger partial charge is 0.366 e. The number of rotatable bonds is 5. The molecule has 1 saturated heterocycles. The first-order valence-electron chi connectivity index (χ1n) is 7.17. The lowest BCUT2D eigenvalue weighted by molar-refractivity contribution is -0.117. The summed E-state index contributed by atoms with van der Waals surface area (Å²) in [7, 11) is 1.98. The van der Waals surface area contributed by atoms with Crippen molar-refractivity contribution >= 4 is 17.5 Å². The lowest BCUT2D eigenvalue weighted by Crippen LogP contribution is -2.44. The van der Waals surface area contributed by atoms with Crippen molar-refractivity contribution in [3.05, 3.63) is 29.8 Å². The average molecular weight is 290 g/mol. The first kappa shape index (κ1) is 15.5. The number of nitrogens with zero attached hydrogens (tertiary/aromatic N) is 1. The Labute approximate surface area is 124 Å². The Morgan fingerprint density at radius 2 is 1.90 bits per heavy atom. The van der Waals surface area contributed by atoms with Gasteiger partial charge in [0.15, 0.2) is 0 Å². The Morgan fingerprint density at radius 3 is 2.48 bits per heavy atom. The van der Waals surface area contributed by atoms with Crippen LogP contribution < -0.4 is 16.4 Å². The highest BCUT2D eigenvalue weighted by Gasteiger charge is 2.19. The van der Waals surface area contributed by atoms with Crippen LogP contribution in [-0.2, 0) is 4.79 Å². The van der Waals surface area contributed by atoms with Gasteiger partial charge in [-0.05, 0) is 57.2 Å². The monoisotopic (exact) mass is 290 g/mol. The van der Waals surface area contributed by atoms with Crippen LogP contribution >= 0.6 is 0 Å². The molecule has 0 aromatic heterocycles. The van der Waals surface area contributed by atoms with Crippen LogP contribution in [0.1, 0.15) is 23.2 Å². The van der Waals surface area contributed by atoms with Gasteiger partial charge < -0.3 is 16.4 Å². The number of benzene rings is 1. The van der Waals surface area contributed by atoms with Crippen LogP contribution in [0.15, 0.2) is 24.3 Å². The van der Waals surface area contributed by atoms with Crippen LogP contribution in [0.2, 0.25) is 0 Å². The van der Waals surface area contributed by atoms with Crippen molar-refractivity contribution in [1.29, 1.82) is 0 Å². The highest BCUT2D eigenvalue weighted by molar-refractivity contribution is 5.95. The summed E-state index contributed by atoms with van der Waals surface area (Å²) in [5.74, 6) is -0.527. The molecule has 0 unspecified atom stereocenters. The van der Waals surface area contributed by atoms with Crippen LogP contribution in [0.25, 0.3) is 0 Å². The number of likely N-dealkylation sites (N-methyl/N-ethyl adjacent to an activating group) is 1. The van der Waals surface area contributed by atoms with Gasteiger partial charge in [-0.25, -0.2) is 0 Å². The van der Waals surface area contributed by atoms with E-state index < -0.39 is 5.91 Å². The molecule has 1 aliphatic rings. The number of hydrogen-bond donors (Lipinski definition) is 3. The molecule has 4 N–H and O–H groups in total. The molecule has 114 valence electrons. The van der Waals surface area contributed by atoms with Crippen molar-refractivity contribution < 1.29 is 9.59 Å². The molecule has 1 heterocycles. The number of anilines is 1. The molecule has 2 amide bonds. The molecular formula is C15H22N4O2. The van der Waals surface area contributed by atoms with Gasteiger partial charge in [-0.2, -0.15) is 0 Å². The van der Waals surface area contributed by atoms with Crippen LogP contribution in [0.3, 0.4) is 0 Å². The van der Waals surface area contributed by atoms with Crippen LogP contribution in [0, 0.1) is 0 Å². The summed E-state index contributed by atoms with van der Waals surface area (Å²) in [6.45, 7) is 2.37. The average Bonchev–Trinajstić information content (AvgIpc) is 2.48. The second kappa shape index (κ2) is 7.19. The van der Waals surface area contributed by atoms with E-state index in [1.807, 2.05) is 7.05 Å². The van der Waals surface area contributed by atoms with E-state index in [1.165, 1.54) is 0 Å². The number of hydrogen-bond acceptors (Lipinski definition) is 4. The van der Waals surface area contributed by atoms with Crippen molar-refractivity contribution in [2.75, 3.05) is 32.0 Å². The molecule has 0 atom stereocenters. The fourth-order valence-corrected chi connectivity index (χ4v) is 2.52. The SMILES string of the molecule is CN(CC(=O)Nc1ccc(C(N)=O)cc1)C1CCNCC1. The molecule has 0 aliphatic carbocycles. The molecule has 21 heavy (non-hydrogen) atoms. The second-order valence-electron chi connectivity index (χ2n) is 5.39. The maximum absolute atomic E-state index is 12.0. The number of nitrogens with one attached hydrogen (secondary N) is 2. The van der Waals surface area contributed by atoms with Crippen molar-refractivity contribution in [3.63, 3.8) is 0 Å². The van der Waals surface area contributed by atoms with E-state index in [2.05, 4.69) is 15.5 Å². The zero-order valence-corrected chi connectivity index (χ0v) is 12.3. The maximum Gasteiger partial charge on any atom is 0.248 e. The Morgan fingerprint density at radius 1 is 1.29 bits per heavy atom. The van der Waals surface area contributed by atoms with Gasteiger partial charge >= 0.3 is 0 Å². The molecule has 1 aromatic rings. The van der Waals surface area contributed by atoms with Crippen LogP contribution in [-0.4, -0.2) is 49.4 Å². The van der Waals surface area contributed by atoms with E-state index in [4.69, 9.17) is 5.73 Å². The summed E-state index contributed by atoms with van der Waals surface area (Å²) in [6, 6.07) is 7.03. The molecule has 6 heteroatoms. The molecule has 1 fully saturated rings. The molecule has 6 nitrogen and oxygen atoms in total. The van der Waals surface area contributed by atoms with E-state index in [9.17, 15) is 9.59 Å². The molecule has 0 radical (unpaired) electrons. The number of nitrogens with two attached hydrogens (primary N) is 1. The molecule has 0 bridgehead atoms. The van der Waals surface area contributed by atoms with Gasteiger partial charge in [-0.1, -0.05) is 0 Å². The summed E-state index contributed by atoms with van der Waals surface area (Å²) in [6.07, 6.45) is 2.13. The topological polar surface area (TPSA) is 87.5 Å². The molecule has 0 saturated carbocycles. The van der Waals surface area contributed by atoms with Crippen molar-refractivity contribution in [1.82, 2.24) is 10.2 Å². The van der Waals surface area contributed by atoms with Gasteiger partial charge in [0.1, 0.15) is 0 Å². The molecule has 1 aliphatic heterocycles. The summed E-state index contributed by atoms with van der Waals surface area (Å²) >= 11 is 0. The van der Waals surface area contributed by atoms with Gasteiger partial charge in [0.25, 0.3) is 0 Å². The van der Waals surface area contributed by atoms with Gasteiger partial charge in [-0.15, -0.1) is 0 Å². The molecular weight excluding hydrogens is 268 g/mol. The van der Waals surface area contributed by atoms with E-state index in [1.54, 1.807) is 24.3 Å². The summed E-state index contributed by atoms with van der Waals surface area (Å²) in [5, 5.41) is 6.14. The highest BCUT2D eigenvalue weighted by atomic mass is 16.2. The minimum atomic E-state index is -0.474. The Balaban J connectivity index is 1.84.